The molecule has 0 radical (unpaired) electrons. The van der Waals surface area contributed by atoms with Crippen molar-refractivity contribution in [1.82, 2.24) is 20.2 Å². The molecule has 0 fully saturated rings. The fourth-order valence-electron chi connectivity index (χ4n) is 2.13. The van der Waals surface area contributed by atoms with Crippen LogP contribution in [0.2, 0.25) is 5.02 Å². The number of nitrogens with one attached hydrogen (secondary N) is 1. The number of benzene rings is 2. The van der Waals surface area contributed by atoms with E-state index in [1.807, 2.05) is 0 Å². The van der Waals surface area contributed by atoms with Crippen molar-refractivity contribution in [1.29, 1.82) is 0 Å². The van der Waals surface area contributed by atoms with Gasteiger partial charge >= 0.3 is 0 Å². The number of hydrogen-bond donors (Lipinski definition) is 1. The molecule has 0 aliphatic rings. The van der Waals surface area contributed by atoms with Crippen molar-refractivity contribution in [2.24, 2.45) is 0 Å². The van der Waals surface area contributed by atoms with Gasteiger partial charge in [0.05, 0.1) is 11.4 Å². The SMILES string of the molecule is CC(=O)c1ccc(NC(=O)CSc2nnnn2-c2ccc(Cl)cc2)cc1. The van der Waals surface area contributed by atoms with Crippen molar-refractivity contribution >= 4 is 40.7 Å². The minimum Gasteiger partial charge on any atom is -0.325 e. The van der Waals surface area contributed by atoms with E-state index in [9.17, 15) is 9.59 Å². The number of thioether (sulfide) groups is 1. The molecular formula is C17H14ClN5O2S. The maximum absolute atomic E-state index is 12.1. The summed E-state index contributed by atoms with van der Waals surface area (Å²) in [6.07, 6.45) is 0. The highest BCUT2D eigenvalue weighted by molar-refractivity contribution is 7.99. The number of carbonyl (C=O) groups is 2. The second-order valence-corrected chi connectivity index (χ2v) is 6.70. The molecule has 2 aromatic carbocycles. The Labute approximate surface area is 158 Å². The molecular weight excluding hydrogens is 374 g/mol. The smallest absolute Gasteiger partial charge is 0.234 e. The van der Waals surface area contributed by atoms with Gasteiger partial charge in [-0.1, -0.05) is 23.4 Å². The first-order valence-corrected chi connectivity index (χ1v) is 8.97. The topological polar surface area (TPSA) is 89.8 Å². The molecule has 1 heterocycles. The van der Waals surface area contributed by atoms with E-state index >= 15 is 0 Å². The average molecular weight is 388 g/mol. The number of amides is 1. The minimum atomic E-state index is -0.198. The van der Waals surface area contributed by atoms with E-state index in [1.165, 1.54) is 23.4 Å². The molecule has 132 valence electrons. The van der Waals surface area contributed by atoms with Crippen LogP contribution in [0.1, 0.15) is 17.3 Å². The number of hydrogen-bond acceptors (Lipinski definition) is 6. The Kier molecular flexibility index (Phi) is 5.65. The zero-order valence-corrected chi connectivity index (χ0v) is 15.3. The van der Waals surface area contributed by atoms with Crippen molar-refractivity contribution in [3.63, 3.8) is 0 Å². The highest BCUT2D eigenvalue weighted by atomic mass is 35.5. The molecule has 0 bridgehead atoms. The molecule has 1 amide bonds. The summed E-state index contributed by atoms with van der Waals surface area (Å²) in [4.78, 5) is 23.4. The summed E-state index contributed by atoms with van der Waals surface area (Å²) >= 11 is 7.10. The van der Waals surface area contributed by atoms with Crippen LogP contribution in [-0.4, -0.2) is 37.7 Å². The Balaban J connectivity index is 1.61. The van der Waals surface area contributed by atoms with Crippen LogP contribution in [0.4, 0.5) is 5.69 Å². The summed E-state index contributed by atoms with van der Waals surface area (Å²) in [5.74, 6) is -0.0775. The molecule has 0 saturated carbocycles. The summed E-state index contributed by atoms with van der Waals surface area (Å²) < 4.78 is 1.54. The second kappa shape index (κ2) is 8.11. The van der Waals surface area contributed by atoms with Crippen LogP contribution in [0.5, 0.6) is 0 Å². The molecule has 7 nitrogen and oxygen atoms in total. The summed E-state index contributed by atoms with van der Waals surface area (Å²) in [5.41, 5.74) is 1.97. The number of halogens is 1. The van der Waals surface area contributed by atoms with E-state index in [-0.39, 0.29) is 17.4 Å². The van der Waals surface area contributed by atoms with E-state index in [2.05, 4.69) is 20.8 Å². The molecule has 0 aliphatic carbocycles. The van der Waals surface area contributed by atoms with E-state index in [1.54, 1.807) is 48.5 Å². The summed E-state index contributed by atoms with van der Waals surface area (Å²) in [5, 5.41) is 15.4. The highest BCUT2D eigenvalue weighted by Crippen LogP contribution is 2.20. The molecule has 3 rings (SSSR count). The lowest BCUT2D eigenvalue weighted by Gasteiger charge is -2.06. The fourth-order valence-corrected chi connectivity index (χ4v) is 2.95. The number of aromatic nitrogens is 4. The van der Waals surface area contributed by atoms with Crippen molar-refractivity contribution in [2.45, 2.75) is 12.1 Å². The number of ketones is 1. The Morgan fingerprint density at radius 2 is 1.81 bits per heavy atom. The van der Waals surface area contributed by atoms with Gasteiger partial charge in [0.25, 0.3) is 0 Å². The number of carbonyl (C=O) groups excluding carboxylic acids is 2. The van der Waals surface area contributed by atoms with Crippen LogP contribution in [0, 0.1) is 0 Å². The number of tetrazole rings is 1. The molecule has 1 N–H and O–H groups in total. The lowest BCUT2D eigenvalue weighted by Crippen LogP contribution is -2.14. The molecule has 1 aromatic heterocycles. The van der Waals surface area contributed by atoms with Gasteiger partial charge < -0.3 is 5.32 Å². The lowest BCUT2D eigenvalue weighted by molar-refractivity contribution is -0.113. The standard InChI is InChI=1S/C17H14ClN5O2S/c1-11(24)12-2-6-14(7-3-12)19-16(25)10-26-17-20-21-22-23(17)15-8-4-13(18)5-9-15/h2-9H,10H2,1H3,(H,19,25). The van der Waals surface area contributed by atoms with Gasteiger partial charge in [0, 0.05) is 16.3 Å². The zero-order valence-electron chi connectivity index (χ0n) is 13.7. The molecule has 3 aromatic rings. The van der Waals surface area contributed by atoms with Crippen LogP contribution >= 0.6 is 23.4 Å². The van der Waals surface area contributed by atoms with Gasteiger partial charge in [-0.05, 0) is 65.9 Å². The van der Waals surface area contributed by atoms with Gasteiger partial charge in [-0.15, -0.1) is 5.10 Å². The zero-order chi connectivity index (χ0) is 18.5. The normalized spacial score (nSPS) is 10.5. The van der Waals surface area contributed by atoms with Crippen LogP contribution in [0.3, 0.4) is 0 Å². The molecule has 26 heavy (non-hydrogen) atoms. The minimum absolute atomic E-state index is 0.0209. The fraction of sp³-hybridized carbons (Fsp3) is 0.118. The number of anilines is 1. The molecule has 0 atom stereocenters. The van der Waals surface area contributed by atoms with Gasteiger partial charge in [-0.3, -0.25) is 9.59 Å². The number of rotatable bonds is 6. The predicted molar refractivity (Wildman–Crippen MR) is 100.0 cm³/mol. The lowest BCUT2D eigenvalue weighted by atomic mass is 10.1. The molecule has 9 heteroatoms. The molecule has 0 saturated heterocycles. The quantitative estimate of drug-likeness (QED) is 0.515. The monoisotopic (exact) mass is 387 g/mol. The van der Waals surface area contributed by atoms with Crippen LogP contribution in [-0.2, 0) is 4.79 Å². The Hall–Kier alpha value is -2.71. The molecule has 0 spiro atoms. The van der Waals surface area contributed by atoms with E-state index in [0.717, 1.165) is 5.69 Å². The van der Waals surface area contributed by atoms with Gasteiger partial charge in [-0.2, -0.15) is 4.68 Å². The third-order valence-corrected chi connectivity index (χ3v) is 4.59. The van der Waals surface area contributed by atoms with Gasteiger partial charge in [0.15, 0.2) is 5.78 Å². The van der Waals surface area contributed by atoms with E-state index in [4.69, 9.17) is 11.6 Å². The highest BCUT2D eigenvalue weighted by Gasteiger charge is 2.12. The first kappa shape index (κ1) is 18.1. The Bertz CT molecular complexity index is 925. The van der Waals surface area contributed by atoms with Gasteiger partial charge in [0.1, 0.15) is 0 Å². The first-order valence-electron chi connectivity index (χ1n) is 7.61. The third kappa shape index (κ3) is 4.47. The molecule has 0 aliphatic heterocycles. The summed E-state index contributed by atoms with van der Waals surface area (Å²) in [7, 11) is 0. The van der Waals surface area contributed by atoms with Crippen molar-refractivity contribution in [2.75, 3.05) is 11.1 Å². The summed E-state index contributed by atoms with van der Waals surface area (Å²) in [6.45, 7) is 1.50. The summed E-state index contributed by atoms with van der Waals surface area (Å²) in [6, 6.07) is 13.8. The number of nitrogens with zero attached hydrogens (tertiary/aromatic N) is 4. The third-order valence-electron chi connectivity index (χ3n) is 3.42. The second-order valence-electron chi connectivity index (χ2n) is 5.32. The van der Waals surface area contributed by atoms with Crippen molar-refractivity contribution in [3.05, 3.63) is 59.1 Å². The van der Waals surface area contributed by atoms with E-state index in [0.29, 0.717) is 21.4 Å². The predicted octanol–water partition coefficient (Wildman–Crippen LogP) is 3.25. The van der Waals surface area contributed by atoms with E-state index < -0.39 is 0 Å². The van der Waals surface area contributed by atoms with Gasteiger partial charge in [-0.25, -0.2) is 0 Å². The maximum Gasteiger partial charge on any atom is 0.234 e. The van der Waals surface area contributed by atoms with Crippen molar-refractivity contribution < 1.29 is 9.59 Å². The van der Waals surface area contributed by atoms with Gasteiger partial charge in [0.2, 0.25) is 11.1 Å². The van der Waals surface area contributed by atoms with Crippen molar-refractivity contribution in [3.8, 4) is 5.69 Å². The molecule has 0 unspecified atom stereocenters. The average Bonchev–Trinajstić information content (AvgIpc) is 3.09. The largest absolute Gasteiger partial charge is 0.325 e. The van der Waals surface area contributed by atoms with Crippen LogP contribution in [0.15, 0.2) is 53.7 Å². The maximum atomic E-state index is 12.1. The first-order chi connectivity index (χ1) is 12.5. The Morgan fingerprint density at radius 3 is 2.46 bits per heavy atom. The van der Waals surface area contributed by atoms with Crippen LogP contribution < -0.4 is 5.32 Å². The number of Topliss-reactive ketones (excluding diaryl/α,β-unsaturated/α-hetero) is 1. The Morgan fingerprint density at radius 1 is 1.12 bits per heavy atom. The van der Waals surface area contributed by atoms with Crippen LogP contribution in [0.25, 0.3) is 5.69 Å².